The van der Waals surface area contributed by atoms with Crippen molar-refractivity contribution >= 4 is 29.1 Å². The number of ether oxygens (including phenoxy) is 1. The molecule has 0 unspecified atom stereocenters. The van der Waals surface area contributed by atoms with Gasteiger partial charge in [-0.05, 0) is 43.2 Å². The van der Waals surface area contributed by atoms with E-state index in [2.05, 4.69) is 0 Å². The Morgan fingerprint density at radius 1 is 1.18 bits per heavy atom. The summed E-state index contributed by atoms with van der Waals surface area (Å²) in [5, 5.41) is 9.38. The highest BCUT2D eigenvalue weighted by Gasteiger charge is 2.16. The number of carboxylic acid groups (broad SMARTS) is 1. The number of fused-ring (bicyclic) bond motifs is 1. The number of unbranched alkanes of at least 4 members (excludes halogenated alkanes) is 1. The van der Waals surface area contributed by atoms with Gasteiger partial charge in [0.25, 0.3) is 0 Å². The molecule has 0 bridgehead atoms. The number of carboxylic acids is 1. The van der Waals surface area contributed by atoms with Gasteiger partial charge in [0.15, 0.2) is 5.76 Å². The second kappa shape index (κ2) is 8.57. The van der Waals surface area contributed by atoms with Gasteiger partial charge in [0, 0.05) is 0 Å². The molecule has 0 saturated heterocycles. The average molecular weight is 378 g/mol. The van der Waals surface area contributed by atoms with Gasteiger partial charge < -0.3 is 14.3 Å². The van der Waals surface area contributed by atoms with E-state index in [9.17, 15) is 14.7 Å². The van der Waals surface area contributed by atoms with Gasteiger partial charge in [0.2, 0.25) is 11.2 Å². The maximum Gasteiger partial charge on any atom is 0.335 e. The molecule has 0 radical (unpaired) electrons. The number of hydrogen-bond donors (Lipinski definition) is 1. The largest absolute Gasteiger partial charge is 0.486 e. The van der Waals surface area contributed by atoms with E-state index in [1.807, 2.05) is 44.2 Å². The highest BCUT2D eigenvalue weighted by atomic mass is 16.5. The molecule has 1 N–H and O–H groups in total. The Labute approximate surface area is 162 Å². The van der Waals surface area contributed by atoms with E-state index in [0.29, 0.717) is 18.0 Å². The van der Waals surface area contributed by atoms with Gasteiger partial charge in [-0.2, -0.15) is 0 Å². The molecule has 0 fully saturated rings. The third-order valence-corrected chi connectivity index (χ3v) is 4.33. The van der Waals surface area contributed by atoms with Crippen molar-refractivity contribution in [3.8, 4) is 5.75 Å². The first-order valence-electron chi connectivity index (χ1n) is 9.21. The lowest BCUT2D eigenvalue weighted by Gasteiger charge is -2.09. The Bertz CT molecular complexity index is 1090. The van der Waals surface area contributed by atoms with Crippen molar-refractivity contribution in [3.05, 3.63) is 75.1 Å². The SMILES string of the molecule is CCCCOc1c(C=Cc2cccc(C)c2)oc2ccc(C(=O)O)cc2c1=O. The number of hydrogen-bond acceptors (Lipinski definition) is 4. The maximum absolute atomic E-state index is 13.0. The zero-order valence-electron chi connectivity index (χ0n) is 15.9. The Balaban J connectivity index is 2.10. The summed E-state index contributed by atoms with van der Waals surface area (Å²) in [6, 6.07) is 12.2. The molecular weight excluding hydrogens is 356 g/mol. The van der Waals surface area contributed by atoms with Gasteiger partial charge in [-0.1, -0.05) is 49.2 Å². The fourth-order valence-corrected chi connectivity index (χ4v) is 2.84. The van der Waals surface area contributed by atoms with E-state index >= 15 is 0 Å². The normalized spacial score (nSPS) is 11.2. The number of aromatic carboxylic acids is 1. The molecule has 0 atom stereocenters. The minimum atomic E-state index is -1.10. The van der Waals surface area contributed by atoms with Gasteiger partial charge in [-0.25, -0.2) is 4.79 Å². The van der Waals surface area contributed by atoms with Crippen LogP contribution in [-0.4, -0.2) is 17.7 Å². The van der Waals surface area contributed by atoms with Crippen molar-refractivity contribution in [1.82, 2.24) is 0 Å². The molecule has 2 aromatic carbocycles. The van der Waals surface area contributed by atoms with E-state index in [4.69, 9.17) is 9.15 Å². The van der Waals surface area contributed by atoms with Crippen LogP contribution < -0.4 is 10.2 Å². The maximum atomic E-state index is 13.0. The highest BCUT2D eigenvalue weighted by Crippen LogP contribution is 2.24. The third-order valence-electron chi connectivity index (χ3n) is 4.33. The van der Waals surface area contributed by atoms with E-state index < -0.39 is 5.97 Å². The second-order valence-corrected chi connectivity index (χ2v) is 6.59. The van der Waals surface area contributed by atoms with Crippen molar-refractivity contribution in [1.29, 1.82) is 0 Å². The Hall–Kier alpha value is -3.34. The zero-order chi connectivity index (χ0) is 20.1. The van der Waals surface area contributed by atoms with Crippen molar-refractivity contribution < 1.29 is 19.1 Å². The summed E-state index contributed by atoms with van der Waals surface area (Å²) in [6.45, 7) is 4.42. The predicted molar refractivity (Wildman–Crippen MR) is 110 cm³/mol. The van der Waals surface area contributed by atoms with Gasteiger partial charge in [-0.15, -0.1) is 0 Å². The molecule has 5 heteroatoms. The fraction of sp³-hybridized carbons (Fsp3) is 0.217. The Kier molecular flexibility index (Phi) is 5.94. The van der Waals surface area contributed by atoms with Crippen LogP contribution in [0.2, 0.25) is 0 Å². The molecule has 1 heterocycles. The Morgan fingerprint density at radius 2 is 2.00 bits per heavy atom. The molecule has 28 heavy (non-hydrogen) atoms. The summed E-state index contributed by atoms with van der Waals surface area (Å²) in [7, 11) is 0. The number of aryl methyl sites for hydroxylation is 1. The van der Waals surface area contributed by atoms with Crippen LogP contribution in [0, 0.1) is 6.92 Å². The molecule has 3 aromatic rings. The summed E-state index contributed by atoms with van der Waals surface area (Å²) in [5.74, 6) is -0.677. The summed E-state index contributed by atoms with van der Waals surface area (Å²) in [5.41, 5.74) is 2.08. The molecule has 1 aromatic heterocycles. The lowest BCUT2D eigenvalue weighted by Crippen LogP contribution is -2.12. The standard InChI is InChI=1S/C23H22O5/c1-3-4-12-27-22-20(10-8-16-7-5-6-15(2)13-16)28-19-11-9-17(23(25)26)14-18(19)21(22)24/h5-11,13-14H,3-4,12H2,1-2H3,(H,25,26). The van der Waals surface area contributed by atoms with E-state index in [1.165, 1.54) is 18.2 Å². The summed E-state index contributed by atoms with van der Waals surface area (Å²) in [6.07, 6.45) is 5.29. The average Bonchev–Trinajstić information content (AvgIpc) is 2.68. The van der Waals surface area contributed by atoms with Gasteiger partial charge >= 0.3 is 5.97 Å². The molecule has 5 nitrogen and oxygen atoms in total. The minimum absolute atomic E-state index is 0.0300. The number of rotatable bonds is 7. The second-order valence-electron chi connectivity index (χ2n) is 6.59. The van der Waals surface area contributed by atoms with Crippen LogP contribution in [0.3, 0.4) is 0 Å². The first-order chi connectivity index (χ1) is 13.5. The number of carbonyl (C=O) groups is 1. The quantitative estimate of drug-likeness (QED) is 0.576. The Morgan fingerprint density at radius 3 is 2.71 bits per heavy atom. The lowest BCUT2D eigenvalue weighted by molar-refractivity contribution is 0.0697. The van der Waals surface area contributed by atoms with E-state index in [0.717, 1.165) is 24.0 Å². The van der Waals surface area contributed by atoms with E-state index in [-0.39, 0.29) is 22.1 Å². The van der Waals surface area contributed by atoms with Crippen LogP contribution in [-0.2, 0) is 0 Å². The smallest absolute Gasteiger partial charge is 0.335 e. The first kappa shape index (κ1) is 19.4. The topological polar surface area (TPSA) is 76.7 Å². The van der Waals surface area contributed by atoms with Crippen molar-refractivity contribution in [2.24, 2.45) is 0 Å². The molecule has 0 saturated carbocycles. The van der Waals surface area contributed by atoms with Gasteiger partial charge in [0.1, 0.15) is 5.58 Å². The predicted octanol–water partition coefficient (Wildman–Crippen LogP) is 5.15. The lowest BCUT2D eigenvalue weighted by atomic mass is 10.1. The molecule has 0 aliphatic carbocycles. The molecule has 144 valence electrons. The van der Waals surface area contributed by atoms with Crippen LogP contribution in [0.1, 0.15) is 47.0 Å². The molecule has 3 rings (SSSR count). The minimum Gasteiger partial charge on any atom is -0.486 e. The highest BCUT2D eigenvalue weighted by molar-refractivity contribution is 5.93. The molecule has 0 aliphatic heterocycles. The molecule has 0 spiro atoms. The molecular formula is C23H22O5. The molecule has 0 aliphatic rings. The van der Waals surface area contributed by atoms with Crippen molar-refractivity contribution in [2.45, 2.75) is 26.7 Å². The summed E-state index contributed by atoms with van der Waals surface area (Å²) >= 11 is 0. The van der Waals surface area contributed by atoms with E-state index in [1.54, 1.807) is 6.08 Å². The van der Waals surface area contributed by atoms with Crippen LogP contribution in [0.5, 0.6) is 5.75 Å². The monoisotopic (exact) mass is 378 g/mol. The first-order valence-corrected chi connectivity index (χ1v) is 9.21. The zero-order valence-corrected chi connectivity index (χ0v) is 15.9. The van der Waals surface area contributed by atoms with Gasteiger partial charge in [0.05, 0.1) is 17.6 Å². The summed E-state index contributed by atoms with van der Waals surface area (Å²) in [4.78, 5) is 24.2. The third kappa shape index (κ3) is 4.31. The number of benzene rings is 2. The molecule has 0 amide bonds. The van der Waals surface area contributed by atoms with Crippen molar-refractivity contribution in [2.75, 3.05) is 6.61 Å². The van der Waals surface area contributed by atoms with Crippen LogP contribution in [0.15, 0.2) is 51.7 Å². The van der Waals surface area contributed by atoms with Crippen LogP contribution in [0.4, 0.5) is 0 Å². The van der Waals surface area contributed by atoms with Crippen LogP contribution >= 0.6 is 0 Å². The van der Waals surface area contributed by atoms with Gasteiger partial charge in [-0.3, -0.25) is 4.79 Å². The van der Waals surface area contributed by atoms with Crippen molar-refractivity contribution in [3.63, 3.8) is 0 Å². The van der Waals surface area contributed by atoms with Crippen LogP contribution in [0.25, 0.3) is 23.1 Å². The fourth-order valence-electron chi connectivity index (χ4n) is 2.84. The summed E-state index contributed by atoms with van der Waals surface area (Å²) < 4.78 is 11.6.